The van der Waals surface area contributed by atoms with Gasteiger partial charge in [-0.05, 0) is 37.4 Å². The number of terminal acetylenes is 1. The summed E-state index contributed by atoms with van der Waals surface area (Å²) in [5.74, 6) is 2.59. The first-order chi connectivity index (χ1) is 17.5. The summed E-state index contributed by atoms with van der Waals surface area (Å²) in [5.41, 5.74) is 1.89. The Labute approximate surface area is 208 Å². The van der Waals surface area contributed by atoms with Crippen LogP contribution in [0.3, 0.4) is 0 Å². The number of aromatic nitrogens is 3. The summed E-state index contributed by atoms with van der Waals surface area (Å²) in [6.45, 7) is 3.84. The highest BCUT2D eigenvalue weighted by molar-refractivity contribution is 5.97. The minimum atomic E-state index is -0.654. The first-order valence-electron chi connectivity index (χ1n) is 11.5. The average Bonchev–Trinajstić information content (AvgIpc) is 2.88. The third kappa shape index (κ3) is 4.99. The van der Waals surface area contributed by atoms with Crippen molar-refractivity contribution in [2.24, 2.45) is 0 Å². The van der Waals surface area contributed by atoms with Crippen molar-refractivity contribution >= 4 is 40.7 Å². The van der Waals surface area contributed by atoms with Crippen molar-refractivity contribution in [1.29, 1.82) is 0 Å². The largest absolute Gasteiger partial charge is 0.480 e. The molecule has 4 heterocycles. The molecule has 0 unspecified atom stereocenters. The molecule has 1 amide bonds. The van der Waals surface area contributed by atoms with E-state index in [1.165, 1.54) is 4.90 Å². The van der Waals surface area contributed by atoms with Crippen molar-refractivity contribution in [3.8, 4) is 18.1 Å². The smallest absolute Gasteiger partial charge is 0.267 e. The molecule has 10 nitrogen and oxygen atoms in total. The van der Waals surface area contributed by atoms with Crippen LogP contribution in [0.4, 0.5) is 39.2 Å². The van der Waals surface area contributed by atoms with Gasteiger partial charge in [0.05, 0.1) is 12.7 Å². The third-order valence-corrected chi connectivity index (χ3v) is 5.96. The Balaban J connectivity index is 1.34. The topological polar surface area (TPSA) is 98.7 Å². The molecule has 0 radical (unpaired) electrons. The van der Waals surface area contributed by atoms with E-state index in [0.717, 1.165) is 43.8 Å². The number of carbonyl (C=O) groups is 1. The van der Waals surface area contributed by atoms with E-state index in [0.29, 0.717) is 5.75 Å². The molecule has 3 aromatic rings. The van der Waals surface area contributed by atoms with Crippen LogP contribution >= 0.6 is 0 Å². The van der Waals surface area contributed by atoms with Gasteiger partial charge in [0.15, 0.2) is 29.8 Å². The maximum Gasteiger partial charge on any atom is 0.267 e. The number of amides is 1. The molecule has 1 fully saturated rings. The second-order valence-corrected chi connectivity index (χ2v) is 8.47. The van der Waals surface area contributed by atoms with Gasteiger partial charge in [0.2, 0.25) is 5.95 Å². The summed E-state index contributed by atoms with van der Waals surface area (Å²) < 4.78 is 20.0. The monoisotopic (exact) mass is 488 g/mol. The summed E-state index contributed by atoms with van der Waals surface area (Å²) in [5, 5.41) is 6.00. The molecule has 0 bridgehead atoms. The highest BCUT2D eigenvalue weighted by atomic mass is 19.1. The highest BCUT2D eigenvalue weighted by Crippen LogP contribution is 2.32. The van der Waals surface area contributed by atoms with E-state index >= 15 is 0 Å². The first kappa shape index (κ1) is 23.3. The van der Waals surface area contributed by atoms with E-state index in [1.807, 2.05) is 18.2 Å². The molecule has 36 heavy (non-hydrogen) atoms. The Hall–Kier alpha value is -4.43. The zero-order valence-electron chi connectivity index (χ0n) is 19.7. The number of nitrogens with one attached hydrogen (secondary N) is 2. The molecule has 1 aromatic carbocycles. The third-order valence-electron chi connectivity index (χ3n) is 5.96. The number of likely N-dealkylation sites (N-methyl/N-ethyl adjacent to an activating group) is 1. The van der Waals surface area contributed by atoms with Gasteiger partial charge in [-0.3, -0.25) is 9.69 Å². The van der Waals surface area contributed by atoms with Gasteiger partial charge in [0.25, 0.3) is 5.91 Å². The molecular weight excluding hydrogens is 463 g/mol. The van der Waals surface area contributed by atoms with Crippen molar-refractivity contribution in [2.45, 2.75) is 0 Å². The van der Waals surface area contributed by atoms with Crippen LogP contribution in [-0.4, -0.2) is 72.1 Å². The Bertz CT molecular complexity index is 1320. The normalized spacial score (nSPS) is 15.6. The van der Waals surface area contributed by atoms with Crippen molar-refractivity contribution in [1.82, 2.24) is 19.9 Å². The molecule has 2 aliphatic heterocycles. The molecular formula is C25H25FN8O2. The molecule has 0 saturated carbocycles. The van der Waals surface area contributed by atoms with Crippen LogP contribution in [0, 0.1) is 18.2 Å². The Morgan fingerprint density at radius 1 is 1.14 bits per heavy atom. The fraction of sp³-hybridized carbons (Fsp3) is 0.280. The highest BCUT2D eigenvalue weighted by Gasteiger charge is 2.27. The standard InChI is InChI=1S/C25H25FN8O2/c1-3-9-34-22(35)16-36-20-7-8-21(30-24(20)34)29-23-19(26)15-27-25(31-23)28-17-5-4-6-18(14-17)33-12-10-32(2)11-13-33/h1,4-8,14-15H,9-13,16H2,2H3,(H2,27,28,29,30,31). The van der Waals surface area contributed by atoms with E-state index < -0.39 is 5.82 Å². The number of hydrogen-bond donors (Lipinski definition) is 2. The number of pyridine rings is 1. The number of benzene rings is 1. The molecule has 0 atom stereocenters. The second-order valence-electron chi connectivity index (χ2n) is 8.47. The lowest BCUT2D eigenvalue weighted by molar-refractivity contribution is -0.121. The van der Waals surface area contributed by atoms with Crippen LogP contribution < -0.4 is 25.2 Å². The second kappa shape index (κ2) is 10.1. The minimum absolute atomic E-state index is 0.0504. The van der Waals surface area contributed by atoms with Gasteiger partial charge >= 0.3 is 0 Å². The Kier molecular flexibility index (Phi) is 6.51. The van der Waals surface area contributed by atoms with Crippen molar-refractivity contribution in [3.05, 3.63) is 48.4 Å². The lowest BCUT2D eigenvalue weighted by Crippen LogP contribution is -2.44. The molecule has 0 aliphatic carbocycles. The predicted octanol–water partition coefficient (Wildman–Crippen LogP) is 2.61. The maximum absolute atomic E-state index is 14.6. The Morgan fingerprint density at radius 2 is 1.97 bits per heavy atom. The predicted molar refractivity (Wildman–Crippen MR) is 136 cm³/mol. The van der Waals surface area contributed by atoms with Gasteiger partial charge in [-0.25, -0.2) is 14.4 Å². The van der Waals surface area contributed by atoms with Crippen LogP contribution in [0.5, 0.6) is 5.75 Å². The lowest BCUT2D eigenvalue weighted by Gasteiger charge is -2.34. The fourth-order valence-corrected chi connectivity index (χ4v) is 4.01. The van der Waals surface area contributed by atoms with Crippen LogP contribution in [0.25, 0.3) is 0 Å². The maximum atomic E-state index is 14.6. The van der Waals surface area contributed by atoms with E-state index in [4.69, 9.17) is 11.2 Å². The van der Waals surface area contributed by atoms with Gasteiger partial charge in [0.1, 0.15) is 5.82 Å². The minimum Gasteiger partial charge on any atom is -0.480 e. The summed E-state index contributed by atoms with van der Waals surface area (Å²) >= 11 is 0. The first-order valence-corrected chi connectivity index (χ1v) is 11.5. The van der Waals surface area contributed by atoms with Crippen molar-refractivity contribution in [2.75, 3.05) is 66.8 Å². The van der Waals surface area contributed by atoms with Crippen LogP contribution in [0.2, 0.25) is 0 Å². The Morgan fingerprint density at radius 3 is 2.78 bits per heavy atom. The molecule has 0 spiro atoms. The number of anilines is 6. The summed E-state index contributed by atoms with van der Waals surface area (Å²) in [6.07, 6.45) is 6.47. The number of ether oxygens (including phenoxy) is 1. The molecule has 11 heteroatoms. The SMILES string of the molecule is C#CCN1C(=O)COc2ccc(Nc3nc(Nc4cccc(N5CCN(C)CC5)c4)ncc3F)nc21. The van der Waals surface area contributed by atoms with Crippen LogP contribution in [0.1, 0.15) is 0 Å². The molecule has 184 valence electrons. The quantitative estimate of drug-likeness (QED) is 0.508. The molecule has 5 rings (SSSR count). The van der Waals surface area contributed by atoms with Crippen molar-refractivity contribution in [3.63, 3.8) is 0 Å². The number of fused-ring (bicyclic) bond motifs is 1. The average molecular weight is 489 g/mol. The summed E-state index contributed by atoms with van der Waals surface area (Å²) in [6, 6.07) is 11.2. The van der Waals surface area contributed by atoms with Gasteiger partial charge in [-0.15, -0.1) is 6.42 Å². The van der Waals surface area contributed by atoms with E-state index in [-0.39, 0.29) is 42.5 Å². The summed E-state index contributed by atoms with van der Waals surface area (Å²) in [7, 11) is 2.12. The molecule has 2 aromatic heterocycles. The lowest BCUT2D eigenvalue weighted by atomic mass is 10.2. The molecule has 1 saturated heterocycles. The van der Waals surface area contributed by atoms with E-state index in [9.17, 15) is 9.18 Å². The molecule has 2 aliphatic rings. The van der Waals surface area contributed by atoms with Crippen molar-refractivity contribution < 1.29 is 13.9 Å². The van der Waals surface area contributed by atoms with Gasteiger partial charge in [0, 0.05) is 37.6 Å². The number of carbonyl (C=O) groups excluding carboxylic acids is 1. The number of nitrogens with zero attached hydrogens (tertiary/aromatic N) is 6. The van der Waals surface area contributed by atoms with E-state index in [2.05, 4.69) is 54.4 Å². The fourth-order valence-electron chi connectivity index (χ4n) is 4.01. The number of hydrogen-bond acceptors (Lipinski definition) is 9. The van der Waals surface area contributed by atoms with Crippen LogP contribution in [-0.2, 0) is 4.79 Å². The zero-order chi connectivity index (χ0) is 25.1. The summed E-state index contributed by atoms with van der Waals surface area (Å²) in [4.78, 5) is 30.9. The molecule has 2 N–H and O–H groups in total. The number of piperazine rings is 1. The van der Waals surface area contributed by atoms with Gasteiger partial charge in [-0.1, -0.05) is 12.0 Å². The number of halogens is 1. The van der Waals surface area contributed by atoms with Gasteiger partial charge < -0.3 is 25.2 Å². The number of rotatable bonds is 6. The van der Waals surface area contributed by atoms with Crippen LogP contribution in [0.15, 0.2) is 42.6 Å². The van der Waals surface area contributed by atoms with Gasteiger partial charge in [-0.2, -0.15) is 4.98 Å². The van der Waals surface area contributed by atoms with E-state index in [1.54, 1.807) is 12.1 Å². The zero-order valence-corrected chi connectivity index (χ0v) is 19.7.